The van der Waals surface area contributed by atoms with Crippen molar-refractivity contribution in [3.8, 4) is 22.7 Å². The van der Waals surface area contributed by atoms with Gasteiger partial charge in [-0.1, -0.05) is 5.21 Å². The third-order valence-electron chi connectivity index (χ3n) is 3.44. The van der Waals surface area contributed by atoms with Crippen LogP contribution in [0.3, 0.4) is 0 Å². The van der Waals surface area contributed by atoms with Crippen LogP contribution in [0.2, 0.25) is 0 Å². The number of aromatic nitrogens is 7. The first kappa shape index (κ1) is 14.4. The highest BCUT2D eigenvalue weighted by atomic mass is 19.3. The minimum atomic E-state index is -2.88. The molecule has 2 N–H and O–H groups in total. The summed E-state index contributed by atoms with van der Waals surface area (Å²) >= 11 is 0. The zero-order valence-corrected chi connectivity index (χ0v) is 13.5. The highest BCUT2D eigenvalue weighted by Gasteiger charge is 2.17. The van der Waals surface area contributed by atoms with Gasteiger partial charge in [0.2, 0.25) is 5.89 Å². The molecule has 9 nitrogen and oxygen atoms in total. The summed E-state index contributed by atoms with van der Waals surface area (Å²) in [5.41, 5.74) is 6.87. The highest BCUT2D eigenvalue weighted by Crippen LogP contribution is 2.23. The molecule has 0 saturated carbocycles. The van der Waals surface area contributed by atoms with Crippen LogP contribution in [0.5, 0.6) is 0 Å². The van der Waals surface area contributed by atoms with Crippen molar-refractivity contribution in [2.24, 2.45) is 0 Å². The van der Waals surface area contributed by atoms with Crippen LogP contribution in [-0.2, 0) is 6.50 Å². The van der Waals surface area contributed by atoms with Crippen molar-refractivity contribution in [2.45, 2.75) is 12.9 Å². The molecule has 4 aromatic heterocycles. The summed E-state index contributed by atoms with van der Waals surface area (Å²) < 4.78 is 47.7. The molecule has 0 saturated heterocycles. The smallest absolute Gasteiger partial charge is 0.314 e. The molecule has 0 spiro atoms. The Morgan fingerprint density at radius 2 is 1.89 bits per heavy atom. The number of rotatable bonds is 5. The number of pyridine rings is 2. The van der Waals surface area contributed by atoms with Gasteiger partial charge in [0.05, 0.1) is 26.7 Å². The fourth-order valence-corrected chi connectivity index (χ4v) is 2.15. The minimum absolute atomic E-state index is 0.0155. The summed E-state index contributed by atoms with van der Waals surface area (Å²) in [5.74, 6) is -0.590. The van der Waals surface area contributed by atoms with E-state index in [2.05, 4.69) is 30.5 Å². The van der Waals surface area contributed by atoms with Crippen LogP contribution in [0.25, 0.3) is 22.7 Å². The fraction of sp³-hybridized carbons (Fsp3) is 0.125. The second-order valence-electron chi connectivity index (χ2n) is 5.31. The van der Waals surface area contributed by atoms with E-state index in [0.717, 1.165) is 4.68 Å². The number of alkyl halides is 2. The molecule has 0 aliphatic rings. The van der Waals surface area contributed by atoms with E-state index in [0.29, 0.717) is 17.1 Å². The van der Waals surface area contributed by atoms with Crippen LogP contribution in [0.15, 0.2) is 47.3 Å². The number of anilines is 1. The van der Waals surface area contributed by atoms with Crippen LogP contribution < -0.4 is 5.73 Å². The Balaban J connectivity index is 1.59. The van der Waals surface area contributed by atoms with Crippen molar-refractivity contribution in [1.29, 1.82) is 0 Å². The molecule has 0 aromatic carbocycles. The van der Waals surface area contributed by atoms with Gasteiger partial charge in [0.25, 0.3) is 5.89 Å². The minimum Gasteiger partial charge on any atom is -0.415 e. The van der Waals surface area contributed by atoms with Crippen LogP contribution in [0, 0.1) is 0 Å². The predicted molar refractivity (Wildman–Crippen MR) is 89.3 cm³/mol. The van der Waals surface area contributed by atoms with Gasteiger partial charge in [-0.3, -0.25) is 4.98 Å². The Morgan fingerprint density at radius 3 is 2.56 bits per heavy atom. The van der Waals surface area contributed by atoms with Crippen molar-refractivity contribution in [3.63, 3.8) is 0 Å². The van der Waals surface area contributed by atoms with Crippen LogP contribution in [0.1, 0.15) is 20.8 Å². The first-order chi connectivity index (χ1) is 13.8. The molecule has 0 aliphatic carbocycles. The zero-order valence-electron chi connectivity index (χ0n) is 15.5. The van der Waals surface area contributed by atoms with E-state index in [1.807, 2.05) is 0 Å². The summed E-state index contributed by atoms with van der Waals surface area (Å²) in [6, 6.07) is 6.09. The van der Waals surface area contributed by atoms with E-state index in [4.69, 9.17) is 12.9 Å². The van der Waals surface area contributed by atoms with E-state index in [-0.39, 0.29) is 17.1 Å². The van der Waals surface area contributed by atoms with E-state index in [1.54, 1.807) is 12.1 Å². The summed E-state index contributed by atoms with van der Waals surface area (Å²) in [5, 5.41) is 14.6. The van der Waals surface area contributed by atoms with Gasteiger partial charge in [0.1, 0.15) is 11.5 Å². The molecule has 0 bridgehead atoms. The largest absolute Gasteiger partial charge is 0.415 e. The maximum absolute atomic E-state index is 12.6. The molecular weight excluding hydrogens is 358 g/mol. The van der Waals surface area contributed by atoms with E-state index >= 15 is 0 Å². The predicted octanol–water partition coefficient (Wildman–Crippen LogP) is 2.35. The average molecular weight is 372 g/mol. The van der Waals surface area contributed by atoms with Gasteiger partial charge in [-0.2, -0.15) is 8.78 Å². The third kappa shape index (κ3) is 3.61. The Labute approximate surface area is 153 Å². The molecule has 27 heavy (non-hydrogen) atoms. The molecule has 0 amide bonds. The number of halogens is 2. The van der Waals surface area contributed by atoms with Crippen LogP contribution >= 0.6 is 0 Å². The number of hydrogen-bond donors (Lipinski definition) is 1. The molecule has 4 rings (SSSR count). The number of nitrogens with zero attached hydrogens (tertiary/aromatic N) is 7. The zero-order chi connectivity index (χ0) is 20.6. The Morgan fingerprint density at radius 1 is 1.07 bits per heavy atom. The summed E-state index contributed by atoms with van der Waals surface area (Å²) in [4.78, 5) is 8.01. The second kappa shape index (κ2) is 6.86. The molecule has 0 atom stereocenters. The standard InChI is InChI=1S/C16H12F2N8O/c17-14(18)16-24-23-15(27-16)10-1-3-11(20-6-10)7-26-8-12(22-25-26)9-2-4-13(19)21-5-9/h1-6,8,14H,7H2,(H2,19,21)/i7D2. The van der Waals surface area contributed by atoms with Gasteiger partial charge in [-0.05, 0) is 24.3 Å². The topological polar surface area (TPSA) is 121 Å². The molecule has 4 heterocycles. The lowest BCUT2D eigenvalue weighted by Crippen LogP contribution is -2.02. The Kier molecular flexibility index (Phi) is 3.66. The number of hydrogen-bond acceptors (Lipinski definition) is 8. The van der Waals surface area contributed by atoms with Gasteiger partial charge in [0, 0.05) is 18.0 Å². The van der Waals surface area contributed by atoms with Crippen molar-refractivity contribution >= 4 is 5.82 Å². The Bertz CT molecular complexity index is 1130. The SMILES string of the molecule is [2H]C([2H])(c1ccc(-c2nnc(C(F)F)o2)cn1)n1cc(-c2ccc(N)nc2)nn1. The number of nitrogen functional groups attached to an aromatic ring is 1. The molecule has 4 aromatic rings. The quantitative estimate of drug-likeness (QED) is 0.566. The Hall–Kier alpha value is -3.76. The number of nitrogens with two attached hydrogens (primary N) is 1. The van der Waals surface area contributed by atoms with Crippen LogP contribution in [-0.4, -0.2) is 35.2 Å². The maximum atomic E-state index is 12.6. The lowest BCUT2D eigenvalue weighted by molar-refractivity contribution is 0.116. The van der Waals surface area contributed by atoms with Crippen molar-refractivity contribution in [3.05, 3.63) is 54.4 Å². The van der Waals surface area contributed by atoms with Gasteiger partial charge >= 0.3 is 6.43 Å². The lowest BCUT2D eigenvalue weighted by atomic mass is 10.2. The first-order valence-corrected chi connectivity index (χ1v) is 7.58. The molecular formula is C16H12F2N8O. The van der Waals surface area contributed by atoms with E-state index in [1.165, 1.54) is 30.7 Å². The molecule has 0 fully saturated rings. The molecule has 11 heteroatoms. The van der Waals surface area contributed by atoms with Crippen molar-refractivity contribution in [1.82, 2.24) is 35.2 Å². The molecule has 0 unspecified atom stereocenters. The maximum Gasteiger partial charge on any atom is 0.314 e. The molecule has 0 radical (unpaired) electrons. The first-order valence-electron chi connectivity index (χ1n) is 8.58. The van der Waals surface area contributed by atoms with Gasteiger partial charge < -0.3 is 10.2 Å². The monoisotopic (exact) mass is 372 g/mol. The van der Waals surface area contributed by atoms with Gasteiger partial charge in [0.15, 0.2) is 0 Å². The molecule has 136 valence electrons. The van der Waals surface area contributed by atoms with E-state index in [9.17, 15) is 8.78 Å². The van der Waals surface area contributed by atoms with Crippen molar-refractivity contribution < 1.29 is 15.9 Å². The van der Waals surface area contributed by atoms with E-state index < -0.39 is 18.8 Å². The highest BCUT2D eigenvalue weighted by molar-refractivity contribution is 5.57. The lowest BCUT2D eigenvalue weighted by Gasteiger charge is -2.01. The van der Waals surface area contributed by atoms with Gasteiger partial charge in [-0.25, -0.2) is 9.67 Å². The summed E-state index contributed by atoms with van der Waals surface area (Å²) in [6.45, 7) is -2.13. The van der Waals surface area contributed by atoms with Crippen molar-refractivity contribution in [2.75, 3.05) is 5.73 Å². The average Bonchev–Trinajstić information content (AvgIpc) is 3.39. The second-order valence-corrected chi connectivity index (χ2v) is 5.31. The normalized spacial score (nSPS) is 12.9. The van der Waals surface area contributed by atoms with Gasteiger partial charge in [-0.15, -0.1) is 15.3 Å². The van der Waals surface area contributed by atoms with Crippen LogP contribution in [0.4, 0.5) is 14.6 Å². The molecule has 0 aliphatic heterocycles. The fourth-order valence-electron chi connectivity index (χ4n) is 2.15. The summed E-state index contributed by atoms with van der Waals surface area (Å²) in [6.07, 6.45) is 1.29. The third-order valence-corrected chi connectivity index (χ3v) is 3.44. The summed E-state index contributed by atoms with van der Waals surface area (Å²) in [7, 11) is 0.